The third-order valence-corrected chi connectivity index (χ3v) is 2.99. The molecule has 2 nitrogen and oxygen atoms in total. The van der Waals surface area contributed by atoms with Gasteiger partial charge in [-0.3, -0.25) is 0 Å². The van der Waals surface area contributed by atoms with Crippen molar-refractivity contribution in [1.82, 2.24) is 4.98 Å². The summed E-state index contributed by atoms with van der Waals surface area (Å²) < 4.78 is 5.55. The first-order valence-electron chi connectivity index (χ1n) is 4.70. The van der Waals surface area contributed by atoms with E-state index < -0.39 is 0 Å². The summed E-state index contributed by atoms with van der Waals surface area (Å²) in [5, 5.41) is 3.20. The standard InChI is InChI=1S/C11H13NOS/c1-4-13-9-6-14-11-10(9)7(2)5-8(3)12-11/h5-6H,4H2,1-3H3. The summed E-state index contributed by atoms with van der Waals surface area (Å²) in [5.74, 6) is 0.970. The molecule has 0 atom stereocenters. The Balaban J connectivity index is 2.66. The van der Waals surface area contributed by atoms with E-state index in [1.165, 1.54) is 10.9 Å². The molecule has 0 unspecified atom stereocenters. The van der Waals surface area contributed by atoms with Crippen molar-refractivity contribution in [3.8, 4) is 5.75 Å². The molecule has 0 aliphatic heterocycles. The van der Waals surface area contributed by atoms with Gasteiger partial charge in [0.05, 0.1) is 12.0 Å². The van der Waals surface area contributed by atoms with E-state index in [1.807, 2.05) is 19.2 Å². The lowest BCUT2D eigenvalue weighted by Gasteiger charge is -2.03. The van der Waals surface area contributed by atoms with E-state index in [2.05, 4.69) is 18.0 Å². The van der Waals surface area contributed by atoms with Crippen molar-refractivity contribution in [2.75, 3.05) is 6.61 Å². The average Bonchev–Trinajstić information content (AvgIpc) is 2.49. The van der Waals surface area contributed by atoms with Gasteiger partial charge >= 0.3 is 0 Å². The third-order valence-electron chi connectivity index (χ3n) is 2.14. The SMILES string of the molecule is CCOc1csc2nc(C)cc(C)c12. The predicted molar refractivity (Wildman–Crippen MR) is 60.3 cm³/mol. The van der Waals surface area contributed by atoms with Crippen molar-refractivity contribution < 1.29 is 4.74 Å². The van der Waals surface area contributed by atoms with Crippen LogP contribution < -0.4 is 4.74 Å². The van der Waals surface area contributed by atoms with Crippen molar-refractivity contribution in [3.63, 3.8) is 0 Å². The number of ether oxygens (including phenoxy) is 1. The van der Waals surface area contributed by atoms with E-state index in [4.69, 9.17) is 4.74 Å². The van der Waals surface area contributed by atoms with Crippen LogP contribution in [0.5, 0.6) is 5.75 Å². The molecule has 0 bridgehead atoms. The number of thiophene rings is 1. The second-order valence-electron chi connectivity index (χ2n) is 3.29. The molecule has 0 aliphatic carbocycles. The molecule has 2 aromatic heterocycles. The van der Waals surface area contributed by atoms with Crippen LogP contribution in [-0.2, 0) is 0 Å². The number of fused-ring (bicyclic) bond motifs is 1. The third kappa shape index (κ3) is 1.48. The molecule has 0 aliphatic rings. The zero-order valence-corrected chi connectivity index (χ0v) is 9.44. The first kappa shape index (κ1) is 9.46. The average molecular weight is 207 g/mol. The summed E-state index contributed by atoms with van der Waals surface area (Å²) in [4.78, 5) is 5.55. The lowest BCUT2D eigenvalue weighted by Crippen LogP contribution is -1.91. The van der Waals surface area contributed by atoms with Gasteiger partial charge in [0.15, 0.2) is 0 Å². The minimum atomic E-state index is 0.707. The highest BCUT2D eigenvalue weighted by Crippen LogP contribution is 2.33. The molecule has 0 saturated heterocycles. The molecule has 74 valence electrons. The Bertz CT molecular complexity index is 462. The largest absolute Gasteiger partial charge is 0.492 e. The number of pyridine rings is 1. The second-order valence-corrected chi connectivity index (χ2v) is 4.15. The fourth-order valence-corrected chi connectivity index (χ4v) is 2.60. The Morgan fingerprint density at radius 3 is 2.93 bits per heavy atom. The van der Waals surface area contributed by atoms with Crippen LogP contribution in [0.3, 0.4) is 0 Å². The van der Waals surface area contributed by atoms with Crippen LogP contribution in [0.4, 0.5) is 0 Å². The molecular weight excluding hydrogens is 194 g/mol. The van der Waals surface area contributed by atoms with Gasteiger partial charge in [-0.05, 0) is 32.4 Å². The van der Waals surface area contributed by atoms with E-state index in [-0.39, 0.29) is 0 Å². The molecule has 0 spiro atoms. The quantitative estimate of drug-likeness (QED) is 0.753. The van der Waals surface area contributed by atoms with Gasteiger partial charge in [-0.15, -0.1) is 11.3 Å². The maximum absolute atomic E-state index is 5.55. The number of hydrogen-bond donors (Lipinski definition) is 0. The lowest BCUT2D eigenvalue weighted by molar-refractivity contribution is 0.345. The highest BCUT2D eigenvalue weighted by molar-refractivity contribution is 7.17. The smallest absolute Gasteiger partial charge is 0.139 e. The predicted octanol–water partition coefficient (Wildman–Crippen LogP) is 3.31. The van der Waals surface area contributed by atoms with E-state index in [0.29, 0.717) is 6.61 Å². The van der Waals surface area contributed by atoms with E-state index >= 15 is 0 Å². The fraction of sp³-hybridized carbons (Fsp3) is 0.364. The van der Waals surface area contributed by atoms with Gasteiger partial charge in [-0.2, -0.15) is 0 Å². The molecule has 0 amide bonds. The van der Waals surface area contributed by atoms with Gasteiger partial charge in [0, 0.05) is 11.1 Å². The van der Waals surface area contributed by atoms with Crippen molar-refractivity contribution in [2.45, 2.75) is 20.8 Å². The molecule has 3 heteroatoms. The number of hydrogen-bond acceptors (Lipinski definition) is 3. The molecule has 2 heterocycles. The molecule has 0 saturated carbocycles. The number of aryl methyl sites for hydroxylation is 2. The normalized spacial score (nSPS) is 10.8. The van der Waals surface area contributed by atoms with Crippen LogP contribution in [0.15, 0.2) is 11.4 Å². The van der Waals surface area contributed by atoms with Gasteiger partial charge in [0.1, 0.15) is 10.6 Å². The summed E-state index contributed by atoms with van der Waals surface area (Å²) in [5.41, 5.74) is 2.32. The Morgan fingerprint density at radius 2 is 2.21 bits per heavy atom. The highest BCUT2D eigenvalue weighted by Gasteiger charge is 2.08. The summed E-state index contributed by atoms with van der Waals surface area (Å²) >= 11 is 1.65. The van der Waals surface area contributed by atoms with Gasteiger partial charge in [0.2, 0.25) is 0 Å². The van der Waals surface area contributed by atoms with Gasteiger partial charge in [-0.25, -0.2) is 4.98 Å². The monoisotopic (exact) mass is 207 g/mol. The van der Waals surface area contributed by atoms with Gasteiger partial charge in [-0.1, -0.05) is 0 Å². The van der Waals surface area contributed by atoms with Crippen LogP contribution >= 0.6 is 11.3 Å². The van der Waals surface area contributed by atoms with Gasteiger partial charge in [0.25, 0.3) is 0 Å². The topological polar surface area (TPSA) is 22.1 Å². The van der Waals surface area contributed by atoms with Crippen LogP contribution in [-0.4, -0.2) is 11.6 Å². The number of aromatic nitrogens is 1. The van der Waals surface area contributed by atoms with E-state index in [1.54, 1.807) is 11.3 Å². The first-order chi connectivity index (χ1) is 6.72. The molecule has 14 heavy (non-hydrogen) atoms. The highest BCUT2D eigenvalue weighted by atomic mass is 32.1. The molecule has 2 aromatic rings. The van der Waals surface area contributed by atoms with Crippen LogP contribution in [0.25, 0.3) is 10.2 Å². The van der Waals surface area contributed by atoms with E-state index in [9.17, 15) is 0 Å². The molecule has 0 fully saturated rings. The Kier molecular flexibility index (Phi) is 2.42. The minimum absolute atomic E-state index is 0.707. The van der Waals surface area contributed by atoms with Crippen LogP contribution in [0.1, 0.15) is 18.2 Å². The number of nitrogens with zero attached hydrogens (tertiary/aromatic N) is 1. The molecule has 0 aromatic carbocycles. The molecule has 0 radical (unpaired) electrons. The molecule has 2 rings (SSSR count). The Morgan fingerprint density at radius 1 is 1.43 bits per heavy atom. The zero-order chi connectivity index (χ0) is 10.1. The Hall–Kier alpha value is -1.09. The molecule has 0 N–H and O–H groups in total. The zero-order valence-electron chi connectivity index (χ0n) is 8.63. The van der Waals surface area contributed by atoms with Crippen LogP contribution in [0, 0.1) is 13.8 Å². The summed E-state index contributed by atoms with van der Waals surface area (Å²) in [6.45, 7) is 6.83. The maximum Gasteiger partial charge on any atom is 0.139 e. The maximum atomic E-state index is 5.55. The van der Waals surface area contributed by atoms with Crippen molar-refractivity contribution in [3.05, 3.63) is 22.7 Å². The Labute approximate surface area is 87.5 Å². The second kappa shape index (κ2) is 3.58. The van der Waals surface area contributed by atoms with E-state index in [0.717, 1.165) is 16.3 Å². The van der Waals surface area contributed by atoms with Crippen LogP contribution in [0.2, 0.25) is 0 Å². The summed E-state index contributed by atoms with van der Waals surface area (Å²) in [6, 6.07) is 2.09. The minimum Gasteiger partial charge on any atom is -0.492 e. The van der Waals surface area contributed by atoms with Crippen molar-refractivity contribution in [1.29, 1.82) is 0 Å². The molecular formula is C11H13NOS. The fourth-order valence-electron chi connectivity index (χ4n) is 1.62. The summed E-state index contributed by atoms with van der Waals surface area (Å²) in [6.07, 6.45) is 0. The summed E-state index contributed by atoms with van der Waals surface area (Å²) in [7, 11) is 0. The van der Waals surface area contributed by atoms with Gasteiger partial charge < -0.3 is 4.74 Å². The van der Waals surface area contributed by atoms with Crippen molar-refractivity contribution in [2.24, 2.45) is 0 Å². The lowest BCUT2D eigenvalue weighted by atomic mass is 10.2. The first-order valence-corrected chi connectivity index (χ1v) is 5.58. The van der Waals surface area contributed by atoms with Crippen molar-refractivity contribution >= 4 is 21.6 Å². The number of rotatable bonds is 2.